The number of halogens is 1. The van der Waals surface area contributed by atoms with Gasteiger partial charge >= 0.3 is 5.97 Å². The topological polar surface area (TPSA) is 26.3 Å². The van der Waals surface area contributed by atoms with Crippen LogP contribution in [0, 0.1) is 0 Å². The van der Waals surface area contributed by atoms with Gasteiger partial charge < -0.3 is 4.74 Å². The van der Waals surface area contributed by atoms with E-state index in [0.29, 0.717) is 0 Å². The summed E-state index contributed by atoms with van der Waals surface area (Å²) in [6, 6.07) is 0. The van der Waals surface area contributed by atoms with Crippen LogP contribution in [0.25, 0.3) is 0 Å². The molecule has 0 bridgehead atoms. The molecule has 0 saturated carbocycles. The molecule has 1 atom stereocenters. The van der Waals surface area contributed by atoms with Gasteiger partial charge in [-0.2, -0.15) is 0 Å². The average Bonchev–Trinajstić information content (AvgIpc) is 1.87. The third-order valence-corrected chi connectivity index (χ3v) is 1.43. The third kappa shape index (κ3) is 3.67. The molecule has 0 rings (SSSR count). The van der Waals surface area contributed by atoms with E-state index in [4.69, 9.17) is 4.74 Å². The second-order valence-corrected chi connectivity index (χ2v) is 2.99. The zero-order valence-electron chi connectivity index (χ0n) is 6.19. The van der Waals surface area contributed by atoms with Crippen LogP contribution < -0.4 is 0 Å². The van der Waals surface area contributed by atoms with Crippen LogP contribution in [0.2, 0.25) is 0 Å². The van der Waals surface area contributed by atoms with Gasteiger partial charge in [-0.3, -0.25) is 0 Å². The molecule has 0 spiro atoms. The molecule has 58 valence electrons. The Morgan fingerprint density at radius 3 is 2.60 bits per heavy atom. The lowest BCUT2D eigenvalue weighted by Gasteiger charge is -2.08. The number of carbonyl (C=O) groups excluding carboxylic acids is 1. The highest BCUT2D eigenvalue weighted by Crippen LogP contribution is 2.06. The predicted octanol–water partition coefficient (Wildman–Crippen LogP) is 2.24. The van der Waals surface area contributed by atoms with Gasteiger partial charge in [0.1, 0.15) is 0 Å². The first-order chi connectivity index (χ1) is 4.57. The minimum atomic E-state index is -0.380. The summed E-state index contributed by atoms with van der Waals surface area (Å²) in [5, 5.41) is 0. The van der Waals surface area contributed by atoms with Crippen molar-refractivity contribution in [2.24, 2.45) is 0 Å². The van der Waals surface area contributed by atoms with Gasteiger partial charge in [0.15, 0.2) is 0 Å². The quantitative estimate of drug-likeness (QED) is 0.524. The molecule has 1 unspecified atom stereocenters. The van der Waals surface area contributed by atoms with Crippen molar-refractivity contribution in [3.05, 3.63) is 11.1 Å². The number of ether oxygens (including phenoxy) is 1. The normalized spacial score (nSPS) is 12.3. The Kier molecular flexibility index (Phi) is 4.36. The zero-order chi connectivity index (χ0) is 8.15. The lowest BCUT2D eigenvalue weighted by Crippen LogP contribution is -2.12. The monoisotopic (exact) mass is 206 g/mol. The molecule has 0 aliphatic rings. The third-order valence-electron chi connectivity index (χ3n) is 1.10. The summed E-state index contributed by atoms with van der Waals surface area (Å²) in [6.07, 6.45) is 0.799. The number of hydrogen-bond donors (Lipinski definition) is 0. The highest BCUT2D eigenvalue weighted by molar-refractivity contribution is 9.12. The van der Waals surface area contributed by atoms with Crippen molar-refractivity contribution in [3.63, 3.8) is 0 Å². The minimum Gasteiger partial charge on any atom is -0.459 e. The maximum absolute atomic E-state index is 10.7. The standard InChI is InChI=1S/C7H11BrO2/c1-4-5(2)10-7(9)6(3)8/h5H,3-4H2,1-2H3. The second kappa shape index (κ2) is 4.50. The van der Waals surface area contributed by atoms with Crippen LogP contribution >= 0.6 is 15.9 Å². The lowest BCUT2D eigenvalue weighted by molar-refractivity contribution is -0.142. The van der Waals surface area contributed by atoms with Crippen molar-refractivity contribution >= 4 is 21.9 Å². The highest BCUT2D eigenvalue weighted by atomic mass is 79.9. The van der Waals surface area contributed by atoms with Gasteiger partial charge in [0.2, 0.25) is 0 Å². The molecule has 0 aromatic heterocycles. The molecule has 0 fully saturated rings. The average molecular weight is 207 g/mol. The van der Waals surface area contributed by atoms with E-state index in [1.54, 1.807) is 0 Å². The van der Waals surface area contributed by atoms with E-state index < -0.39 is 0 Å². The van der Waals surface area contributed by atoms with E-state index in [2.05, 4.69) is 22.5 Å². The molecular weight excluding hydrogens is 196 g/mol. The number of hydrogen-bond acceptors (Lipinski definition) is 2. The van der Waals surface area contributed by atoms with E-state index in [9.17, 15) is 4.79 Å². The van der Waals surface area contributed by atoms with Crippen LogP contribution in [0.5, 0.6) is 0 Å². The fraction of sp³-hybridized carbons (Fsp3) is 0.571. The van der Waals surface area contributed by atoms with Crippen molar-refractivity contribution in [3.8, 4) is 0 Å². The van der Waals surface area contributed by atoms with Crippen molar-refractivity contribution in [2.75, 3.05) is 0 Å². The Morgan fingerprint density at radius 1 is 1.80 bits per heavy atom. The molecule has 0 saturated heterocycles. The molecule has 2 nitrogen and oxygen atoms in total. The molecule has 0 heterocycles. The van der Waals surface area contributed by atoms with Gasteiger partial charge in [-0.25, -0.2) is 4.79 Å². The van der Waals surface area contributed by atoms with E-state index in [-0.39, 0.29) is 16.6 Å². The van der Waals surface area contributed by atoms with Gasteiger partial charge in [0, 0.05) is 0 Å². The van der Waals surface area contributed by atoms with Crippen LogP contribution in [-0.2, 0) is 9.53 Å². The maximum atomic E-state index is 10.7. The van der Waals surface area contributed by atoms with Gasteiger partial charge in [0.05, 0.1) is 10.6 Å². The molecule has 3 heteroatoms. The number of carbonyl (C=O) groups is 1. The molecule has 0 aromatic rings. The van der Waals surface area contributed by atoms with Crippen LogP contribution in [0.3, 0.4) is 0 Å². The van der Waals surface area contributed by atoms with E-state index in [0.717, 1.165) is 6.42 Å². The molecule has 0 aromatic carbocycles. The molecule has 0 N–H and O–H groups in total. The SMILES string of the molecule is C=C(Br)C(=O)OC(C)CC. The molecule has 10 heavy (non-hydrogen) atoms. The molecule has 0 amide bonds. The summed E-state index contributed by atoms with van der Waals surface area (Å²) >= 11 is 2.93. The lowest BCUT2D eigenvalue weighted by atomic mass is 10.3. The maximum Gasteiger partial charge on any atom is 0.344 e. The molecule has 0 radical (unpaired) electrons. The number of rotatable bonds is 3. The van der Waals surface area contributed by atoms with Crippen LogP contribution in [0.1, 0.15) is 20.3 Å². The summed E-state index contributed by atoms with van der Waals surface area (Å²) < 4.78 is 5.15. The van der Waals surface area contributed by atoms with Gasteiger partial charge in [-0.15, -0.1) is 0 Å². The molecular formula is C7H11BrO2. The summed E-state index contributed by atoms with van der Waals surface area (Å²) in [7, 11) is 0. The number of esters is 1. The summed E-state index contributed by atoms with van der Waals surface area (Å²) in [6.45, 7) is 7.18. The first kappa shape index (κ1) is 9.69. The van der Waals surface area contributed by atoms with Crippen molar-refractivity contribution in [1.82, 2.24) is 0 Å². The summed E-state index contributed by atoms with van der Waals surface area (Å²) in [5.74, 6) is -0.380. The van der Waals surface area contributed by atoms with Crippen molar-refractivity contribution in [1.29, 1.82) is 0 Å². The highest BCUT2D eigenvalue weighted by Gasteiger charge is 2.07. The largest absolute Gasteiger partial charge is 0.459 e. The Balaban J connectivity index is 3.68. The molecule has 0 aliphatic heterocycles. The molecule has 0 aliphatic carbocycles. The minimum absolute atomic E-state index is 0.0261. The van der Waals surface area contributed by atoms with Gasteiger partial charge in [0.25, 0.3) is 0 Å². The van der Waals surface area contributed by atoms with E-state index in [1.807, 2.05) is 13.8 Å². The zero-order valence-corrected chi connectivity index (χ0v) is 7.77. The van der Waals surface area contributed by atoms with Crippen LogP contribution in [0.15, 0.2) is 11.1 Å². The summed E-state index contributed by atoms with van der Waals surface area (Å²) in [5.41, 5.74) is 0. The Morgan fingerprint density at radius 2 is 2.30 bits per heavy atom. The van der Waals surface area contributed by atoms with Crippen molar-refractivity contribution < 1.29 is 9.53 Å². The van der Waals surface area contributed by atoms with Gasteiger partial charge in [-0.1, -0.05) is 13.5 Å². The van der Waals surface area contributed by atoms with Gasteiger partial charge in [-0.05, 0) is 29.3 Å². The summed E-state index contributed by atoms with van der Waals surface area (Å²) in [4.78, 5) is 10.7. The Labute approximate surface area is 69.4 Å². The smallest absolute Gasteiger partial charge is 0.344 e. The fourth-order valence-electron chi connectivity index (χ4n) is 0.330. The van der Waals surface area contributed by atoms with Crippen molar-refractivity contribution in [2.45, 2.75) is 26.4 Å². The Hall–Kier alpha value is -0.310. The van der Waals surface area contributed by atoms with Crippen LogP contribution in [0.4, 0.5) is 0 Å². The van der Waals surface area contributed by atoms with E-state index in [1.165, 1.54) is 0 Å². The second-order valence-electron chi connectivity index (χ2n) is 2.03. The van der Waals surface area contributed by atoms with Crippen LogP contribution in [-0.4, -0.2) is 12.1 Å². The van der Waals surface area contributed by atoms with E-state index >= 15 is 0 Å². The fourth-order valence-corrected chi connectivity index (χ4v) is 0.423. The Bertz CT molecular complexity index is 143. The predicted molar refractivity (Wildman–Crippen MR) is 43.9 cm³/mol. The first-order valence-corrected chi connectivity index (χ1v) is 3.92. The first-order valence-electron chi connectivity index (χ1n) is 3.13.